The molecule has 0 aliphatic carbocycles. The molecule has 0 aliphatic rings. The Labute approximate surface area is 158 Å². The van der Waals surface area contributed by atoms with Crippen molar-refractivity contribution in [2.45, 2.75) is 0 Å². The van der Waals surface area contributed by atoms with Gasteiger partial charge in [-0.25, -0.2) is 8.78 Å². The number of benzene rings is 2. The first-order valence-electron chi connectivity index (χ1n) is 7.72. The van der Waals surface area contributed by atoms with Crippen molar-refractivity contribution < 1.29 is 18.4 Å². The maximum absolute atomic E-state index is 13.7. The van der Waals surface area contributed by atoms with E-state index in [1.54, 1.807) is 24.3 Å². The third kappa shape index (κ3) is 4.45. The molecule has 136 valence electrons. The number of hydrogen-bond donors (Lipinski definition) is 2. The number of nitrogens with one attached hydrogen (secondary N) is 2. The lowest BCUT2D eigenvalue weighted by Crippen LogP contribution is -2.17. The molecule has 1 aromatic heterocycles. The van der Waals surface area contributed by atoms with Crippen molar-refractivity contribution in [2.24, 2.45) is 0 Å². The van der Waals surface area contributed by atoms with Crippen molar-refractivity contribution in [3.05, 3.63) is 88.7 Å². The number of amides is 2. The SMILES string of the molecule is O=C(Nc1c(F)cccc1F)c1ccnc(C(=O)Nc2cccc(Cl)c2)c1. The topological polar surface area (TPSA) is 71.1 Å². The third-order valence-electron chi connectivity index (χ3n) is 3.54. The van der Waals surface area contributed by atoms with Gasteiger partial charge in [-0.3, -0.25) is 14.6 Å². The minimum absolute atomic E-state index is 0.0175. The summed E-state index contributed by atoms with van der Waals surface area (Å²) in [6.45, 7) is 0. The Balaban J connectivity index is 1.78. The quantitative estimate of drug-likeness (QED) is 0.691. The molecule has 2 aromatic carbocycles. The zero-order chi connectivity index (χ0) is 19.4. The molecule has 0 radical (unpaired) electrons. The monoisotopic (exact) mass is 387 g/mol. The fourth-order valence-electron chi connectivity index (χ4n) is 2.26. The van der Waals surface area contributed by atoms with E-state index in [-0.39, 0.29) is 11.3 Å². The predicted molar refractivity (Wildman–Crippen MR) is 98.0 cm³/mol. The summed E-state index contributed by atoms with van der Waals surface area (Å²) in [7, 11) is 0. The highest BCUT2D eigenvalue weighted by Gasteiger charge is 2.16. The molecule has 27 heavy (non-hydrogen) atoms. The second kappa shape index (κ2) is 7.92. The van der Waals surface area contributed by atoms with Crippen LogP contribution in [0.1, 0.15) is 20.8 Å². The van der Waals surface area contributed by atoms with Crippen LogP contribution >= 0.6 is 11.6 Å². The Morgan fingerprint density at radius 2 is 1.59 bits per heavy atom. The smallest absolute Gasteiger partial charge is 0.274 e. The van der Waals surface area contributed by atoms with Crippen LogP contribution in [0.15, 0.2) is 60.8 Å². The highest BCUT2D eigenvalue weighted by molar-refractivity contribution is 6.31. The van der Waals surface area contributed by atoms with E-state index in [9.17, 15) is 18.4 Å². The van der Waals surface area contributed by atoms with Crippen molar-refractivity contribution in [3.63, 3.8) is 0 Å². The number of carbonyl (C=O) groups excluding carboxylic acids is 2. The van der Waals surface area contributed by atoms with Gasteiger partial charge in [-0.1, -0.05) is 23.7 Å². The average Bonchev–Trinajstić information content (AvgIpc) is 2.65. The summed E-state index contributed by atoms with van der Waals surface area (Å²) in [5.74, 6) is -3.16. The Morgan fingerprint density at radius 3 is 2.30 bits per heavy atom. The van der Waals surface area contributed by atoms with Gasteiger partial charge in [0.25, 0.3) is 11.8 Å². The van der Waals surface area contributed by atoms with Gasteiger partial charge in [0.2, 0.25) is 0 Å². The van der Waals surface area contributed by atoms with Crippen LogP contribution in [0.5, 0.6) is 0 Å². The molecule has 2 N–H and O–H groups in total. The van der Waals surface area contributed by atoms with E-state index in [1.807, 2.05) is 0 Å². The van der Waals surface area contributed by atoms with Crippen LogP contribution < -0.4 is 10.6 Å². The molecule has 0 spiro atoms. The first-order chi connectivity index (χ1) is 12.9. The first kappa shape index (κ1) is 18.5. The van der Waals surface area contributed by atoms with Crippen molar-refractivity contribution in [1.29, 1.82) is 0 Å². The minimum atomic E-state index is -0.906. The van der Waals surface area contributed by atoms with E-state index in [1.165, 1.54) is 24.4 Å². The number of hydrogen-bond acceptors (Lipinski definition) is 3. The predicted octanol–water partition coefficient (Wildman–Crippen LogP) is 4.52. The van der Waals surface area contributed by atoms with Crippen LogP contribution in [0, 0.1) is 11.6 Å². The van der Waals surface area contributed by atoms with Gasteiger partial charge in [-0.15, -0.1) is 0 Å². The van der Waals surface area contributed by atoms with Gasteiger partial charge < -0.3 is 10.6 Å². The minimum Gasteiger partial charge on any atom is -0.321 e. The number of pyridine rings is 1. The van der Waals surface area contributed by atoms with Crippen LogP contribution in [-0.4, -0.2) is 16.8 Å². The Hall–Kier alpha value is -3.32. The summed E-state index contributed by atoms with van der Waals surface area (Å²) in [6, 6.07) is 12.3. The van der Waals surface area contributed by atoms with E-state index in [2.05, 4.69) is 15.6 Å². The average molecular weight is 388 g/mol. The van der Waals surface area contributed by atoms with E-state index < -0.39 is 29.1 Å². The van der Waals surface area contributed by atoms with E-state index >= 15 is 0 Å². The van der Waals surface area contributed by atoms with Gasteiger partial charge in [0.15, 0.2) is 0 Å². The maximum Gasteiger partial charge on any atom is 0.274 e. The lowest BCUT2D eigenvalue weighted by molar-refractivity contribution is 0.102. The van der Waals surface area contributed by atoms with E-state index in [4.69, 9.17) is 11.6 Å². The molecule has 0 bridgehead atoms. The van der Waals surface area contributed by atoms with Crippen molar-refractivity contribution >= 4 is 34.8 Å². The summed E-state index contributed by atoms with van der Waals surface area (Å²) in [5.41, 5.74) is -0.137. The first-order valence-corrected chi connectivity index (χ1v) is 8.10. The van der Waals surface area contributed by atoms with Crippen LogP contribution in [-0.2, 0) is 0 Å². The fourth-order valence-corrected chi connectivity index (χ4v) is 2.45. The van der Waals surface area contributed by atoms with Crippen LogP contribution in [0.3, 0.4) is 0 Å². The van der Waals surface area contributed by atoms with E-state index in [0.717, 1.165) is 12.1 Å². The lowest BCUT2D eigenvalue weighted by Gasteiger charge is -2.09. The molecule has 1 heterocycles. The highest BCUT2D eigenvalue weighted by Crippen LogP contribution is 2.19. The summed E-state index contributed by atoms with van der Waals surface area (Å²) < 4.78 is 27.3. The molecule has 0 atom stereocenters. The number of nitrogens with zero attached hydrogens (tertiary/aromatic N) is 1. The Kier molecular flexibility index (Phi) is 5.42. The normalized spacial score (nSPS) is 10.3. The summed E-state index contributed by atoms with van der Waals surface area (Å²) in [5, 5.41) is 5.19. The number of aromatic nitrogens is 1. The Bertz CT molecular complexity index is 1010. The summed E-state index contributed by atoms with van der Waals surface area (Å²) in [6.07, 6.45) is 1.25. The number of anilines is 2. The zero-order valence-corrected chi connectivity index (χ0v) is 14.4. The molecule has 3 aromatic rings. The van der Waals surface area contributed by atoms with Crippen LogP contribution in [0.25, 0.3) is 0 Å². The molecule has 8 heteroatoms. The van der Waals surface area contributed by atoms with Crippen molar-refractivity contribution in [2.75, 3.05) is 10.6 Å². The van der Waals surface area contributed by atoms with Gasteiger partial charge in [-0.05, 0) is 42.5 Å². The van der Waals surface area contributed by atoms with Crippen LogP contribution in [0.4, 0.5) is 20.2 Å². The van der Waals surface area contributed by atoms with Gasteiger partial charge in [0, 0.05) is 22.5 Å². The van der Waals surface area contributed by atoms with Gasteiger partial charge >= 0.3 is 0 Å². The maximum atomic E-state index is 13.7. The second-order valence-corrected chi connectivity index (χ2v) is 5.88. The molecular formula is C19H12ClF2N3O2. The fraction of sp³-hybridized carbons (Fsp3) is 0. The summed E-state index contributed by atoms with van der Waals surface area (Å²) >= 11 is 5.86. The van der Waals surface area contributed by atoms with Crippen molar-refractivity contribution in [3.8, 4) is 0 Å². The van der Waals surface area contributed by atoms with E-state index in [0.29, 0.717) is 10.7 Å². The number of para-hydroxylation sites is 1. The zero-order valence-electron chi connectivity index (χ0n) is 13.7. The van der Waals surface area contributed by atoms with Gasteiger partial charge in [-0.2, -0.15) is 0 Å². The van der Waals surface area contributed by atoms with Gasteiger partial charge in [0.1, 0.15) is 23.0 Å². The number of halogens is 3. The lowest BCUT2D eigenvalue weighted by atomic mass is 10.2. The third-order valence-corrected chi connectivity index (χ3v) is 3.77. The molecule has 0 saturated heterocycles. The number of rotatable bonds is 4. The second-order valence-electron chi connectivity index (χ2n) is 5.45. The van der Waals surface area contributed by atoms with Crippen molar-refractivity contribution in [1.82, 2.24) is 4.98 Å². The molecule has 0 unspecified atom stereocenters. The molecule has 2 amide bonds. The molecule has 5 nitrogen and oxygen atoms in total. The highest BCUT2D eigenvalue weighted by atomic mass is 35.5. The molecular weight excluding hydrogens is 376 g/mol. The van der Waals surface area contributed by atoms with Crippen LogP contribution in [0.2, 0.25) is 5.02 Å². The number of carbonyl (C=O) groups is 2. The largest absolute Gasteiger partial charge is 0.321 e. The molecule has 3 rings (SSSR count). The Morgan fingerprint density at radius 1 is 0.889 bits per heavy atom. The summed E-state index contributed by atoms with van der Waals surface area (Å²) in [4.78, 5) is 28.5. The molecule has 0 aliphatic heterocycles. The molecule has 0 fully saturated rings. The standard InChI is InChI=1S/C19H12ClF2N3O2/c20-12-3-1-4-13(10-12)24-19(27)16-9-11(7-8-23-16)18(26)25-17-14(21)5-2-6-15(17)22/h1-10H,(H,24,27)(H,25,26). The van der Waals surface area contributed by atoms with Gasteiger partial charge in [0.05, 0.1) is 0 Å². The molecule has 0 saturated carbocycles.